The first-order valence-corrected chi connectivity index (χ1v) is 8.20. The van der Waals surface area contributed by atoms with Gasteiger partial charge in [-0.1, -0.05) is 6.58 Å². The highest BCUT2D eigenvalue weighted by molar-refractivity contribution is 5.94. The van der Waals surface area contributed by atoms with Crippen LogP contribution in [0.5, 0.6) is 0 Å². The summed E-state index contributed by atoms with van der Waals surface area (Å²) in [6.45, 7) is 5.21. The van der Waals surface area contributed by atoms with Crippen molar-refractivity contribution in [2.75, 3.05) is 11.7 Å². The van der Waals surface area contributed by atoms with Gasteiger partial charge in [-0.3, -0.25) is 9.78 Å². The minimum atomic E-state index is -0.00516. The smallest absolute Gasteiger partial charge is 0.274 e. The number of rotatable bonds is 4. The van der Waals surface area contributed by atoms with Crippen molar-refractivity contribution in [2.45, 2.75) is 31.8 Å². The second-order valence-corrected chi connectivity index (χ2v) is 6.15. The highest BCUT2D eigenvalue weighted by Crippen LogP contribution is 2.29. The Morgan fingerprint density at radius 3 is 2.79 bits per heavy atom. The molecule has 0 radical (unpaired) electrons. The van der Waals surface area contributed by atoms with Crippen LogP contribution in [0.2, 0.25) is 0 Å². The van der Waals surface area contributed by atoms with Gasteiger partial charge in [0.15, 0.2) is 0 Å². The highest BCUT2D eigenvalue weighted by Gasteiger charge is 2.32. The standard InChI is InChI=1S/C17H20N6O/c1-13-17(24)22(15-3-2-4-15)10-9-21(13)12-14-5-6-16(11-18-14)23-19-7-8-20-23/h5-7,9-11,15,20H,1-4,8,12H2. The van der Waals surface area contributed by atoms with Gasteiger partial charge in [0.05, 0.1) is 30.7 Å². The number of nitrogens with one attached hydrogen (secondary N) is 1. The molecule has 1 N–H and O–H groups in total. The largest absolute Gasteiger partial charge is 0.337 e. The van der Waals surface area contributed by atoms with Gasteiger partial charge >= 0.3 is 0 Å². The van der Waals surface area contributed by atoms with Gasteiger partial charge < -0.3 is 9.80 Å². The average molecular weight is 324 g/mol. The molecule has 0 spiro atoms. The fraction of sp³-hybridized carbons (Fsp3) is 0.353. The van der Waals surface area contributed by atoms with Crippen LogP contribution in [0.15, 0.2) is 48.1 Å². The molecule has 24 heavy (non-hydrogen) atoms. The monoisotopic (exact) mass is 324 g/mol. The quantitative estimate of drug-likeness (QED) is 0.852. The molecule has 0 aromatic carbocycles. The van der Waals surface area contributed by atoms with E-state index < -0.39 is 0 Å². The van der Waals surface area contributed by atoms with Crippen LogP contribution in [0.25, 0.3) is 0 Å². The minimum Gasteiger partial charge on any atom is -0.337 e. The lowest BCUT2D eigenvalue weighted by Crippen LogP contribution is -2.45. The van der Waals surface area contributed by atoms with Gasteiger partial charge in [0.1, 0.15) is 5.70 Å². The summed E-state index contributed by atoms with van der Waals surface area (Å²) in [5.74, 6) is -0.00516. The van der Waals surface area contributed by atoms with Crippen molar-refractivity contribution in [3.63, 3.8) is 0 Å². The highest BCUT2D eigenvalue weighted by atomic mass is 16.2. The van der Waals surface area contributed by atoms with Crippen molar-refractivity contribution >= 4 is 17.8 Å². The maximum absolute atomic E-state index is 12.5. The summed E-state index contributed by atoms with van der Waals surface area (Å²) in [5.41, 5.74) is 5.35. The van der Waals surface area contributed by atoms with Crippen LogP contribution in [0.4, 0.5) is 5.69 Å². The summed E-state index contributed by atoms with van der Waals surface area (Å²) < 4.78 is 0. The van der Waals surface area contributed by atoms with E-state index in [0.29, 0.717) is 18.3 Å². The van der Waals surface area contributed by atoms with E-state index in [2.05, 4.69) is 22.1 Å². The lowest BCUT2D eigenvalue weighted by Gasteiger charge is -2.39. The van der Waals surface area contributed by atoms with E-state index in [0.717, 1.165) is 30.8 Å². The van der Waals surface area contributed by atoms with Crippen molar-refractivity contribution in [3.05, 3.63) is 48.7 Å². The molecule has 3 aliphatic rings. The molecule has 1 amide bonds. The number of hydrazine groups is 1. The van der Waals surface area contributed by atoms with E-state index in [1.54, 1.807) is 17.5 Å². The minimum absolute atomic E-state index is 0.00516. The van der Waals surface area contributed by atoms with E-state index in [1.807, 2.05) is 34.3 Å². The molecular weight excluding hydrogens is 304 g/mol. The zero-order valence-corrected chi connectivity index (χ0v) is 13.4. The van der Waals surface area contributed by atoms with Gasteiger partial charge in [0.2, 0.25) is 0 Å². The van der Waals surface area contributed by atoms with E-state index in [-0.39, 0.29) is 5.91 Å². The molecular formula is C17H20N6O. The number of carbonyl (C=O) groups is 1. The zero-order valence-electron chi connectivity index (χ0n) is 13.4. The van der Waals surface area contributed by atoms with E-state index >= 15 is 0 Å². The fourth-order valence-electron chi connectivity index (χ4n) is 2.94. The topological polar surface area (TPSA) is 64.1 Å². The van der Waals surface area contributed by atoms with Gasteiger partial charge in [-0.25, -0.2) is 5.43 Å². The third kappa shape index (κ3) is 2.67. The Morgan fingerprint density at radius 2 is 2.17 bits per heavy atom. The van der Waals surface area contributed by atoms with Gasteiger partial charge in [0.25, 0.3) is 5.91 Å². The molecule has 2 aliphatic heterocycles. The number of hydrogen-bond acceptors (Lipinski definition) is 6. The van der Waals surface area contributed by atoms with Crippen LogP contribution < -0.4 is 10.5 Å². The van der Waals surface area contributed by atoms with E-state index in [1.165, 1.54) is 6.42 Å². The first kappa shape index (κ1) is 14.9. The van der Waals surface area contributed by atoms with Crippen molar-refractivity contribution in [1.29, 1.82) is 0 Å². The molecule has 1 aromatic heterocycles. The van der Waals surface area contributed by atoms with E-state index in [9.17, 15) is 4.79 Å². The summed E-state index contributed by atoms with van der Waals surface area (Å²) >= 11 is 0. The second kappa shape index (κ2) is 6.09. The Labute approximate surface area is 140 Å². The summed E-state index contributed by atoms with van der Waals surface area (Å²) in [5, 5.41) is 5.87. The van der Waals surface area contributed by atoms with Gasteiger partial charge in [-0.15, -0.1) is 0 Å². The van der Waals surface area contributed by atoms with Gasteiger partial charge in [-0.05, 0) is 31.4 Å². The molecule has 0 saturated heterocycles. The number of nitrogens with zero attached hydrogens (tertiary/aromatic N) is 5. The number of hydrazone groups is 1. The molecule has 4 rings (SSSR count). The summed E-state index contributed by atoms with van der Waals surface area (Å²) in [7, 11) is 0. The van der Waals surface area contributed by atoms with E-state index in [4.69, 9.17) is 0 Å². The van der Waals surface area contributed by atoms with Crippen molar-refractivity contribution in [3.8, 4) is 0 Å². The number of pyridine rings is 1. The predicted octanol–water partition coefficient (Wildman–Crippen LogP) is 1.57. The zero-order chi connectivity index (χ0) is 16.5. The summed E-state index contributed by atoms with van der Waals surface area (Å²) in [6.07, 6.45) is 10.7. The van der Waals surface area contributed by atoms with Crippen molar-refractivity contribution in [2.24, 2.45) is 5.10 Å². The molecule has 3 heterocycles. The molecule has 1 aliphatic carbocycles. The molecule has 0 unspecified atom stereocenters. The number of aromatic nitrogens is 1. The maximum atomic E-state index is 12.5. The number of amides is 1. The Balaban J connectivity index is 1.44. The molecule has 1 aromatic rings. The molecule has 0 bridgehead atoms. The van der Waals surface area contributed by atoms with Crippen LogP contribution in [0.1, 0.15) is 25.0 Å². The Kier molecular flexibility index (Phi) is 3.78. The first-order valence-electron chi connectivity index (χ1n) is 8.20. The average Bonchev–Trinajstić information content (AvgIpc) is 3.08. The number of carbonyl (C=O) groups excluding carboxylic acids is 1. The third-order valence-electron chi connectivity index (χ3n) is 4.62. The van der Waals surface area contributed by atoms with Gasteiger partial charge in [-0.2, -0.15) is 10.2 Å². The molecule has 1 fully saturated rings. The molecule has 7 nitrogen and oxygen atoms in total. The Morgan fingerprint density at radius 1 is 1.29 bits per heavy atom. The maximum Gasteiger partial charge on any atom is 0.274 e. The SMILES string of the molecule is C=C1C(=O)N(C2CCC2)C=CN1Cc1ccc(N2N=CCN2)cn1. The first-order chi connectivity index (χ1) is 11.7. The van der Waals surface area contributed by atoms with Crippen LogP contribution in [0.3, 0.4) is 0 Å². The van der Waals surface area contributed by atoms with Crippen LogP contribution in [0, 0.1) is 0 Å². The fourth-order valence-corrected chi connectivity index (χ4v) is 2.94. The summed E-state index contributed by atoms with van der Waals surface area (Å²) in [6, 6.07) is 4.24. The third-order valence-corrected chi connectivity index (χ3v) is 4.62. The van der Waals surface area contributed by atoms with Crippen LogP contribution in [-0.4, -0.2) is 39.5 Å². The van der Waals surface area contributed by atoms with Crippen molar-refractivity contribution < 1.29 is 4.79 Å². The molecule has 1 saturated carbocycles. The lowest BCUT2D eigenvalue weighted by atomic mass is 9.91. The number of anilines is 1. The Hall–Kier alpha value is -2.67. The van der Waals surface area contributed by atoms with Gasteiger partial charge in [0, 0.05) is 24.7 Å². The molecule has 0 atom stereocenters. The molecule has 7 heteroatoms. The Bertz CT molecular complexity index is 706. The second-order valence-electron chi connectivity index (χ2n) is 6.15. The van der Waals surface area contributed by atoms with Crippen LogP contribution in [-0.2, 0) is 11.3 Å². The molecule has 124 valence electrons. The lowest BCUT2D eigenvalue weighted by molar-refractivity contribution is -0.130. The summed E-state index contributed by atoms with van der Waals surface area (Å²) in [4.78, 5) is 20.6. The predicted molar refractivity (Wildman–Crippen MR) is 91.5 cm³/mol. The van der Waals surface area contributed by atoms with Crippen LogP contribution >= 0.6 is 0 Å². The number of hydrogen-bond donors (Lipinski definition) is 1. The normalized spacial score (nSPS) is 20.9. The van der Waals surface area contributed by atoms with Crippen molar-refractivity contribution in [1.82, 2.24) is 20.2 Å².